The summed E-state index contributed by atoms with van der Waals surface area (Å²) in [5.74, 6) is 0.684. The smallest absolute Gasteiger partial charge is 0.256 e. The molecule has 28 heavy (non-hydrogen) atoms. The lowest BCUT2D eigenvalue weighted by Crippen LogP contribution is -2.47. The van der Waals surface area contributed by atoms with Crippen LogP contribution in [0.5, 0.6) is 0 Å². The maximum Gasteiger partial charge on any atom is 0.256 e. The molecule has 3 aromatic rings. The molecule has 2 heterocycles. The molecule has 0 spiro atoms. The van der Waals surface area contributed by atoms with E-state index in [1.807, 2.05) is 37.3 Å². The third-order valence-electron chi connectivity index (χ3n) is 5.47. The predicted molar refractivity (Wildman–Crippen MR) is 114 cm³/mol. The molecule has 1 aliphatic rings. The minimum Gasteiger partial charge on any atom is -0.368 e. The molecule has 144 valence electrons. The van der Waals surface area contributed by atoms with Crippen LogP contribution in [0.25, 0.3) is 0 Å². The van der Waals surface area contributed by atoms with Gasteiger partial charge in [0.25, 0.3) is 5.56 Å². The van der Waals surface area contributed by atoms with Crippen molar-refractivity contribution in [2.45, 2.75) is 20.3 Å². The summed E-state index contributed by atoms with van der Waals surface area (Å²) in [7, 11) is 0. The Balaban J connectivity index is 1.49. The maximum atomic E-state index is 12.7. The van der Waals surface area contributed by atoms with Gasteiger partial charge in [-0.15, -0.1) is 0 Å². The normalized spacial score (nSPS) is 14.4. The van der Waals surface area contributed by atoms with Crippen molar-refractivity contribution in [3.8, 4) is 0 Å². The Labute approximate surface area is 165 Å². The van der Waals surface area contributed by atoms with Crippen LogP contribution in [0.1, 0.15) is 22.4 Å². The van der Waals surface area contributed by atoms with Crippen LogP contribution in [0.2, 0.25) is 0 Å². The van der Waals surface area contributed by atoms with Gasteiger partial charge in [0.1, 0.15) is 0 Å². The number of para-hydroxylation sites is 1. The number of rotatable bonds is 4. The second kappa shape index (κ2) is 7.89. The van der Waals surface area contributed by atoms with E-state index in [2.05, 4.69) is 46.0 Å². The molecule has 1 N–H and O–H groups in total. The lowest BCUT2D eigenvalue weighted by atomic mass is 10.1. The largest absolute Gasteiger partial charge is 0.368 e. The first kappa shape index (κ1) is 18.3. The first-order chi connectivity index (χ1) is 13.6. The van der Waals surface area contributed by atoms with Crippen LogP contribution in [-0.4, -0.2) is 36.1 Å². The number of nitrogens with one attached hydrogen (secondary N) is 1. The molecular formula is C23H26N4O. The third kappa shape index (κ3) is 3.79. The van der Waals surface area contributed by atoms with E-state index in [1.165, 1.54) is 11.3 Å². The lowest BCUT2D eigenvalue weighted by molar-refractivity contribution is 0.636. The second-order valence-corrected chi connectivity index (χ2v) is 7.38. The molecule has 0 atom stereocenters. The molecule has 2 aromatic carbocycles. The summed E-state index contributed by atoms with van der Waals surface area (Å²) >= 11 is 0. The van der Waals surface area contributed by atoms with Crippen molar-refractivity contribution in [3.05, 3.63) is 87.3 Å². The number of piperazine rings is 1. The van der Waals surface area contributed by atoms with Gasteiger partial charge in [-0.3, -0.25) is 9.78 Å². The van der Waals surface area contributed by atoms with E-state index >= 15 is 0 Å². The summed E-state index contributed by atoms with van der Waals surface area (Å²) in [6, 6.07) is 18.5. The zero-order valence-corrected chi connectivity index (χ0v) is 16.5. The van der Waals surface area contributed by atoms with E-state index in [0.29, 0.717) is 12.4 Å². The number of aromatic nitrogens is 2. The van der Waals surface area contributed by atoms with Crippen molar-refractivity contribution in [2.75, 3.05) is 36.0 Å². The average molecular weight is 374 g/mol. The molecule has 0 unspecified atom stereocenters. The number of hydrogen-bond donors (Lipinski definition) is 1. The van der Waals surface area contributed by atoms with Gasteiger partial charge in [-0.1, -0.05) is 48.5 Å². The summed E-state index contributed by atoms with van der Waals surface area (Å²) in [5, 5.41) is 0. The molecule has 5 heteroatoms. The van der Waals surface area contributed by atoms with Gasteiger partial charge in [0.05, 0.1) is 5.69 Å². The van der Waals surface area contributed by atoms with Crippen molar-refractivity contribution in [1.29, 1.82) is 0 Å². The highest BCUT2D eigenvalue weighted by Gasteiger charge is 2.21. The number of benzene rings is 2. The molecule has 4 rings (SSSR count). The molecule has 0 aliphatic carbocycles. The van der Waals surface area contributed by atoms with Crippen LogP contribution in [-0.2, 0) is 6.42 Å². The minimum atomic E-state index is -0.0345. The second-order valence-electron chi connectivity index (χ2n) is 7.38. The van der Waals surface area contributed by atoms with Gasteiger partial charge in [-0.25, -0.2) is 4.98 Å². The number of H-pyrrole nitrogens is 1. The Morgan fingerprint density at radius 3 is 2.21 bits per heavy atom. The molecular weight excluding hydrogens is 348 g/mol. The SMILES string of the molecule is Cc1ccccc1N1CCN(c2nc(C)c(Cc3ccccc3)c(=O)[nH]2)CC1. The van der Waals surface area contributed by atoms with Crippen molar-refractivity contribution >= 4 is 11.6 Å². The van der Waals surface area contributed by atoms with Crippen molar-refractivity contribution in [2.24, 2.45) is 0 Å². The van der Waals surface area contributed by atoms with Gasteiger partial charge in [0, 0.05) is 43.9 Å². The quantitative estimate of drug-likeness (QED) is 0.761. The van der Waals surface area contributed by atoms with Gasteiger partial charge in [-0.2, -0.15) is 0 Å². The standard InChI is InChI=1S/C23H26N4O/c1-17-8-6-7-11-21(17)26-12-14-27(15-13-26)23-24-18(2)20(22(28)25-23)16-19-9-4-3-5-10-19/h3-11H,12-16H2,1-2H3,(H,24,25,28). The zero-order chi connectivity index (χ0) is 19.5. The number of aromatic amines is 1. The number of aryl methyl sites for hydroxylation is 2. The molecule has 1 fully saturated rings. The van der Waals surface area contributed by atoms with E-state index in [4.69, 9.17) is 4.98 Å². The van der Waals surface area contributed by atoms with Crippen molar-refractivity contribution in [3.63, 3.8) is 0 Å². The highest BCUT2D eigenvalue weighted by atomic mass is 16.1. The Bertz CT molecular complexity index is 1000. The summed E-state index contributed by atoms with van der Waals surface area (Å²) in [6.07, 6.45) is 0.607. The summed E-state index contributed by atoms with van der Waals surface area (Å²) < 4.78 is 0. The number of hydrogen-bond acceptors (Lipinski definition) is 4. The highest BCUT2D eigenvalue weighted by molar-refractivity contribution is 5.54. The lowest BCUT2D eigenvalue weighted by Gasteiger charge is -2.37. The number of anilines is 2. The molecule has 1 aromatic heterocycles. The van der Waals surface area contributed by atoms with Gasteiger partial charge >= 0.3 is 0 Å². The van der Waals surface area contributed by atoms with E-state index in [9.17, 15) is 4.79 Å². The van der Waals surface area contributed by atoms with Crippen molar-refractivity contribution in [1.82, 2.24) is 9.97 Å². The maximum absolute atomic E-state index is 12.7. The Morgan fingerprint density at radius 2 is 1.54 bits per heavy atom. The Morgan fingerprint density at radius 1 is 0.893 bits per heavy atom. The van der Waals surface area contributed by atoms with Gasteiger partial charge in [0.2, 0.25) is 5.95 Å². The van der Waals surface area contributed by atoms with Gasteiger partial charge in [-0.05, 0) is 31.0 Å². The Kier molecular flexibility index (Phi) is 5.15. The van der Waals surface area contributed by atoms with Crippen LogP contribution in [0.4, 0.5) is 11.6 Å². The number of nitrogens with zero attached hydrogens (tertiary/aromatic N) is 3. The molecule has 0 saturated carbocycles. The van der Waals surface area contributed by atoms with Crippen LogP contribution in [0, 0.1) is 13.8 Å². The fourth-order valence-corrected chi connectivity index (χ4v) is 3.83. The minimum absolute atomic E-state index is 0.0345. The van der Waals surface area contributed by atoms with E-state index in [1.54, 1.807) is 0 Å². The van der Waals surface area contributed by atoms with Crippen LogP contribution in [0.3, 0.4) is 0 Å². The van der Waals surface area contributed by atoms with E-state index < -0.39 is 0 Å². The van der Waals surface area contributed by atoms with E-state index in [0.717, 1.165) is 43.0 Å². The topological polar surface area (TPSA) is 52.2 Å². The predicted octanol–water partition coefficient (Wildman–Crippen LogP) is 3.30. The molecule has 5 nitrogen and oxygen atoms in total. The summed E-state index contributed by atoms with van der Waals surface area (Å²) in [5.41, 5.74) is 5.23. The van der Waals surface area contributed by atoms with E-state index in [-0.39, 0.29) is 5.56 Å². The van der Waals surface area contributed by atoms with Gasteiger partial charge in [0.15, 0.2) is 0 Å². The first-order valence-corrected chi connectivity index (χ1v) is 9.81. The highest BCUT2D eigenvalue weighted by Crippen LogP contribution is 2.22. The fraction of sp³-hybridized carbons (Fsp3) is 0.304. The Hall–Kier alpha value is -3.08. The molecule has 1 saturated heterocycles. The first-order valence-electron chi connectivity index (χ1n) is 9.81. The van der Waals surface area contributed by atoms with Gasteiger partial charge < -0.3 is 9.80 Å². The zero-order valence-electron chi connectivity index (χ0n) is 16.5. The molecule has 0 bridgehead atoms. The molecule has 1 aliphatic heterocycles. The van der Waals surface area contributed by atoms with Crippen LogP contribution < -0.4 is 15.4 Å². The average Bonchev–Trinajstić information content (AvgIpc) is 2.72. The fourth-order valence-electron chi connectivity index (χ4n) is 3.83. The molecule has 0 radical (unpaired) electrons. The monoisotopic (exact) mass is 374 g/mol. The third-order valence-corrected chi connectivity index (χ3v) is 5.47. The van der Waals surface area contributed by atoms with Crippen LogP contribution in [0.15, 0.2) is 59.4 Å². The van der Waals surface area contributed by atoms with Crippen LogP contribution >= 0.6 is 0 Å². The summed E-state index contributed by atoms with van der Waals surface area (Å²) in [4.78, 5) is 25.0. The van der Waals surface area contributed by atoms with Crippen molar-refractivity contribution < 1.29 is 0 Å². The summed E-state index contributed by atoms with van der Waals surface area (Å²) in [6.45, 7) is 7.60. The molecule has 0 amide bonds.